The quantitative estimate of drug-likeness (QED) is 0.316. The first-order chi connectivity index (χ1) is 15.5. The van der Waals surface area contributed by atoms with E-state index in [-0.39, 0.29) is 11.1 Å². The number of anilines is 1. The molecule has 1 aliphatic rings. The average molecular weight is 463 g/mol. The summed E-state index contributed by atoms with van der Waals surface area (Å²) < 4.78 is 16.2. The number of hydrogen-bond donors (Lipinski definition) is 0. The van der Waals surface area contributed by atoms with Gasteiger partial charge >= 0.3 is 0 Å². The smallest absolute Gasteiger partial charge is 0.298 e. The highest BCUT2D eigenvalue weighted by molar-refractivity contribution is 8.19. The van der Waals surface area contributed by atoms with Gasteiger partial charge in [0.1, 0.15) is 5.82 Å². The molecule has 32 heavy (non-hydrogen) atoms. The van der Waals surface area contributed by atoms with E-state index in [1.807, 2.05) is 35.0 Å². The summed E-state index contributed by atoms with van der Waals surface area (Å²) in [6.45, 7) is 0.352. The number of rotatable bonds is 4. The Morgan fingerprint density at radius 3 is 2.56 bits per heavy atom. The molecule has 2 amide bonds. The van der Waals surface area contributed by atoms with Gasteiger partial charge in [0.15, 0.2) is 0 Å². The van der Waals surface area contributed by atoms with Crippen LogP contribution >= 0.6 is 23.4 Å². The first kappa shape index (κ1) is 20.5. The number of aromatic nitrogens is 1. The van der Waals surface area contributed by atoms with E-state index in [2.05, 4.69) is 0 Å². The molecule has 1 fully saturated rings. The van der Waals surface area contributed by atoms with Crippen LogP contribution in [0.15, 0.2) is 83.9 Å². The fourth-order valence-corrected chi connectivity index (χ4v) is 4.79. The zero-order valence-electron chi connectivity index (χ0n) is 16.7. The van der Waals surface area contributed by atoms with Gasteiger partial charge in [-0.1, -0.05) is 54.1 Å². The SMILES string of the molecule is O=C1S/C(=C/c2cn(Cc3ccccc3F)c3ccccc23)C(=O)N1c1cccc(Cl)c1. The molecule has 1 saturated heterocycles. The van der Waals surface area contributed by atoms with E-state index in [1.165, 1.54) is 6.07 Å². The number of hydrogen-bond acceptors (Lipinski definition) is 3. The van der Waals surface area contributed by atoms with Crippen LogP contribution < -0.4 is 4.90 Å². The van der Waals surface area contributed by atoms with E-state index in [0.717, 1.165) is 33.1 Å². The van der Waals surface area contributed by atoms with E-state index in [0.29, 0.717) is 27.7 Å². The van der Waals surface area contributed by atoms with E-state index < -0.39 is 5.91 Å². The molecule has 0 radical (unpaired) electrons. The molecular weight excluding hydrogens is 447 g/mol. The van der Waals surface area contributed by atoms with Gasteiger partial charge in [0.05, 0.1) is 17.1 Å². The van der Waals surface area contributed by atoms with Crippen LogP contribution in [0, 0.1) is 5.82 Å². The van der Waals surface area contributed by atoms with Crippen LogP contribution in [0.1, 0.15) is 11.1 Å². The van der Waals surface area contributed by atoms with Crippen LogP contribution in [-0.2, 0) is 11.3 Å². The number of imide groups is 1. The Hall–Kier alpha value is -3.35. The summed E-state index contributed by atoms with van der Waals surface area (Å²) in [5, 5.41) is 0.985. The third-order valence-electron chi connectivity index (χ3n) is 5.26. The maximum absolute atomic E-state index is 14.2. The molecule has 1 aromatic heterocycles. The summed E-state index contributed by atoms with van der Waals surface area (Å²) in [4.78, 5) is 27.1. The molecule has 0 spiro atoms. The molecule has 1 aliphatic heterocycles. The molecule has 0 unspecified atom stereocenters. The van der Waals surface area contributed by atoms with Gasteiger partial charge < -0.3 is 4.57 Å². The van der Waals surface area contributed by atoms with Crippen LogP contribution in [0.25, 0.3) is 17.0 Å². The highest BCUT2D eigenvalue weighted by Gasteiger charge is 2.36. The molecule has 0 saturated carbocycles. The molecular formula is C25H16ClFN2O2S. The van der Waals surface area contributed by atoms with E-state index in [4.69, 9.17) is 11.6 Å². The fraction of sp³-hybridized carbons (Fsp3) is 0.0400. The van der Waals surface area contributed by atoms with Gasteiger partial charge in [0.2, 0.25) is 0 Å². The number of carbonyl (C=O) groups is 2. The van der Waals surface area contributed by atoms with Crippen molar-refractivity contribution in [1.29, 1.82) is 0 Å². The predicted molar refractivity (Wildman–Crippen MR) is 127 cm³/mol. The van der Waals surface area contributed by atoms with Crippen molar-refractivity contribution in [2.45, 2.75) is 6.54 Å². The molecule has 158 valence electrons. The molecule has 0 bridgehead atoms. The first-order valence-corrected chi connectivity index (χ1v) is 11.1. The van der Waals surface area contributed by atoms with E-state index in [1.54, 1.807) is 48.5 Å². The second-order valence-corrected chi connectivity index (χ2v) is 8.75. The zero-order valence-corrected chi connectivity index (χ0v) is 18.2. The third-order valence-corrected chi connectivity index (χ3v) is 6.37. The molecule has 4 nitrogen and oxygen atoms in total. The molecule has 0 aliphatic carbocycles. The lowest BCUT2D eigenvalue weighted by Crippen LogP contribution is -2.27. The topological polar surface area (TPSA) is 42.3 Å². The van der Waals surface area contributed by atoms with Crippen molar-refractivity contribution in [1.82, 2.24) is 4.57 Å². The van der Waals surface area contributed by atoms with Crippen molar-refractivity contribution in [2.24, 2.45) is 0 Å². The summed E-state index contributed by atoms with van der Waals surface area (Å²) in [5.41, 5.74) is 2.70. The van der Waals surface area contributed by atoms with Gasteiger partial charge in [-0.3, -0.25) is 9.59 Å². The third kappa shape index (κ3) is 3.72. The number of para-hydroxylation sites is 1. The Kier molecular flexibility index (Phi) is 5.33. The molecule has 5 rings (SSSR count). The van der Waals surface area contributed by atoms with Crippen LogP contribution in [-0.4, -0.2) is 15.7 Å². The molecule has 4 aromatic rings. The maximum atomic E-state index is 14.2. The lowest BCUT2D eigenvalue weighted by Gasteiger charge is -2.12. The molecule has 2 heterocycles. The highest BCUT2D eigenvalue weighted by atomic mass is 35.5. The zero-order chi connectivity index (χ0) is 22.2. The maximum Gasteiger partial charge on any atom is 0.298 e. The molecule has 3 aromatic carbocycles. The lowest BCUT2D eigenvalue weighted by atomic mass is 10.1. The Labute approximate surface area is 192 Å². The molecule has 0 atom stereocenters. The summed E-state index contributed by atoms with van der Waals surface area (Å²) in [7, 11) is 0. The summed E-state index contributed by atoms with van der Waals surface area (Å²) in [6, 6.07) is 21.0. The number of amides is 2. The Morgan fingerprint density at radius 1 is 0.969 bits per heavy atom. The van der Waals surface area contributed by atoms with Gasteiger partial charge in [-0.05, 0) is 48.2 Å². The van der Waals surface area contributed by atoms with Crippen LogP contribution in [0.4, 0.5) is 14.9 Å². The minimum absolute atomic E-state index is 0.269. The van der Waals surface area contributed by atoms with Gasteiger partial charge in [0, 0.05) is 33.2 Å². The second kappa shape index (κ2) is 8.30. The number of fused-ring (bicyclic) bond motifs is 1. The van der Waals surface area contributed by atoms with Crippen molar-refractivity contribution in [2.75, 3.05) is 4.90 Å². The predicted octanol–water partition coefficient (Wildman–Crippen LogP) is 6.72. The van der Waals surface area contributed by atoms with Crippen LogP contribution in [0.3, 0.4) is 0 Å². The summed E-state index contributed by atoms with van der Waals surface area (Å²) in [6.07, 6.45) is 3.60. The Morgan fingerprint density at radius 2 is 1.75 bits per heavy atom. The standard InChI is InChI=1S/C25H16ClFN2O2S/c26-18-7-5-8-19(13-18)29-24(30)23(32-25(29)31)12-17-15-28(22-11-4-2-9-20(17)22)14-16-6-1-3-10-21(16)27/h1-13,15H,14H2/b23-12+. The van der Waals surface area contributed by atoms with E-state index >= 15 is 0 Å². The number of nitrogens with zero attached hydrogens (tertiary/aromatic N) is 2. The van der Waals surface area contributed by atoms with Crippen LogP contribution in [0.2, 0.25) is 5.02 Å². The van der Waals surface area contributed by atoms with Gasteiger partial charge in [-0.15, -0.1) is 0 Å². The highest BCUT2D eigenvalue weighted by Crippen LogP contribution is 2.37. The van der Waals surface area contributed by atoms with Crippen molar-refractivity contribution in [3.63, 3.8) is 0 Å². The monoisotopic (exact) mass is 462 g/mol. The summed E-state index contributed by atoms with van der Waals surface area (Å²) >= 11 is 6.92. The minimum atomic E-state index is -0.395. The number of benzene rings is 3. The lowest BCUT2D eigenvalue weighted by molar-refractivity contribution is -0.113. The number of halogens is 2. The fourth-order valence-electron chi connectivity index (χ4n) is 3.78. The Bertz CT molecular complexity index is 1410. The number of thioether (sulfide) groups is 1. The van der Waals surface area contributed by atoms with Gasteiger partial charge in [-0.25, -0.2) is 9.29 Å². The van der Waals surface area contributed by atoms with Crippen LogP contribution in [0.5, 0.6) is 0 Å². The number of carbonyl (C=O) groups excluding carboxylic acids is 2. The average Bonchev–Trinajstić information content (AvgIpc) is 3.26. The van der Waals surface area contributed by atoms with Crippen molar-refractivity contribution < 1.29 is 14.0 Å². The Balaban J connectivity index is 1.53. The van der Waals surface area contributed by atoms with Crippen molar-refractivity contribution in [3.05, 3.63) is 106 Å². The minimum Gasteiger partial charge on any atom is -0.342 e. The largest absolute Gasteiger partial charge is 0.342 e. The first-order valence-electron chi connectivity index (χ1n) is 9.86. The van der Waals surface area contributed by atoms with Crippen molar-refractivity contribution >= 4 is 57.2 Å². The normalized spacial score (nSPS) is 15.3. The van der Waals surface area contributed by atoms with Gasteiger partial charge in [-0.2, -0.15) is 0 Å². The molecule has 0 N–H and O–H groups in total. The summed E-state index contributed by atoms with van der Waals surface area (Å²) in [5.74, 6) is -0.664. The van der Waals surface area contributed by atoms with Gasteiger partial charge in [0.25, 0.3) is 11.1 Å². The molecule has 7 heteroatoms. The van der Waals surface area contributed by atoms with E-state index in [9.17, 15) is 14.0 Å². The van der Waals surface area contributed by atoms with Crippen molar-refractivity contribution in [3.8, 4) is 0 Å². The second-order valence-electron chi connectivity index (χ2n) is 7.32.